The number of halogens is 2. The van der Waals surface area contributed by atoms with Crippen LogP contribution in [0.1, 0.15) is 17.2 Å². The third kappa shape index (κ3) is 4.19. The number of aliphatic hydroxyl groups excluding tert-OH is 1. The maximum atomic E-state index is 13.1. The maximum Gasteiger partial charge on any atom is 0.315 e. The van der Waals surface area contributed by atoms with E-state index in [0.29, 0.717) is 16.1 Å². The van der Waals surface area contributed by atoms with Crippen molar-refractivity contribution in [1.82, 2.24) is 10.6 Å². The van der Waals surface area contributed by atoms with Gasteiger partial charge in [0.25, 0.3) is 0 Å². The summed E-state index contributed by atoms with van der Waals surface area (Å²) in [5.74, 6) is -0.355. The summed E-state index contributed by atoms with van der Waals surface area (Å²) in [6.45, 7) is -0.00871. The zero-order valence-corrected chi connectivity index (χ0v) is 12.5. The molecule has 0 aromatic heterocycles. The Morgan fingerprint density at radius 3 is 2.50 bits per heavy atom. The number of aliphatic hydroxyl groups is 1. The molecule has 0 radical (unpaired) electrons. The van der Waals surface area contributed by atoms with Gasteiger partial charge in [0.1, 0.15) is 5.82 Å². The smallest absolute Gasteiger partial charge is 0.315 e. The SMILES string of the molecule is O=C(NCCO)N[C@@H](c1ccc(F)cc1)c1ccccc1Cl. The molecular weight excluding hydrogens is 307 g/mol. The van der Waals surface area contributed by atoms with Crippen LogP contribution >= 0.6 is 11.6 Å². The summed E-state index contributed by atoms with van der Waals surface area (Å²) in [4.78, 5) is 11.9. The predicted octanol–water partition coefficient (Wildman–Crippen LogP) is 2.86. The molecule has 0 aliphatic rings. The molecule has 0 aliphatic heterocycles. The van der Waals surface area contributed by atoms with Crippen molar-refractivity contribution >= 4 is 17.6 Å². The Morgan fingerprint density at radius 1 is 1.18 bits per heavy atom. The van der Waals surface area contributed by atoms with Crippen LogP contribution in [0.3, 0.4) is 0 Å². The van der Waals surface area contributed by atoms with Gasteiger partial charge in [-0.2, -0.15) is 0 Å². The number of carbonyl (C=O) groups excluding carboxylic acids is 1. The van der Waals surface area contributed by atoms with Crippen molar-refractivity contribution in [1.29, 1.82) is 0 Å². The summed E-state index contributed by atoms with van der Waals surface area (Å²) >= 11 is 6.20. The highest BCUT2D eigenvalue weighted by atomic mass is 35.5. The minimum atomic E-state index is -0.520. The molecule has 0 bridgehead atoms. The normalized spacial score (nSPS) is 11.8. The highest BCUT2D eigenvalue weighted by Crippen LogP contribution is 2.28. The van der Waals surface area contributed by atoms with Crippen LogP contribution in [0.25, 0.3) is 0 Å². The third-order valence-electron chi connectivity index (χ3n) is 3.09. The summed E-state index contributed by atoms with van der Waals surface area (Å²) < 4.78 is 13.1. The van der Waals surface area contributed by atoms with E-state index in [9.17, 15) is 9.18 Å². The first-order valence-electron chi connectivity index (χ1n) is 6.77. The molecule has 3 N–H and O–H groups in total. The Labute approximate surface area is 132 Å². The molecule has 0 aliphatic carbocycles. The average Bonchev–Trinajstić information content (AvgIpc) is 2.52. The van der Waals surface area contributed by atoms with Gasteiger partial charge in [0.2, 0.25) is 0 Å². The van der Waals surface area contributed by atoms with Gasteiger partial charge in [-0.3, -0.25) is 0 Å². The summed E-state index contributed by atoms with van der Waals surface area (Å²) in [5, 5.41) is 14.5. The second kappa shape index (κ2) is 7.77. The van der Waals surface area contributed by atoms with Gasteiger partial charge >= 0.3 is 6.03 Å². The van der Waals surface area contributed by atoms with Crippen molar-refractivity contribution in [3.8, 4) is 0 Å². The fourth-order valence-electron chi connectivity index (χ4n) is 2.06. The van der Waals surface area contributed by atoms with E-state index in [1.54, 1.807) is 30.3 Å². The number of benzene rings is 2. The van der Waals surface area contributed by atoms with Crippen molar-refractivity contribution < 1.29 is 14.3 Å². The van der Waals surface area contributed by atoms with Gasteiger partial charge in [0, 0.05) is 11.6 Å². The average molecular weight is 323 g/mol. The van der Waals surface area contributed by atoms with E-state index in [2.05, 4.69) is 10.6 Å². The van der Waals surface area contributed by atoms with Crippen molar-refractivity contribution in [2.45, 2.75) is 6.04 Å². The second-order valence-electron chi connectivity index (χ2n) is 4.63. The minimum Gasteiger partial charge on any atom is -0.395 e. The zero-order valence-electron chi connectivity index (χ0n) is 11.7. The first kappa shape index (κ1) is 16.3. The van der Waals surface area contributed by atoms with E-state index in [0.717, 1.165) is 0 Å². The number of amides is 2. The molecular formula is C16H16ClFN2O2. The molecule has 6 heteroatoms. The lowest BCUT2D eigenvalue weighted by molar-refractivity contribution is 0.232. The molecule has 4 nitrogen and oxygen atoms in total. The van der Waals surface area contributed by atoms with Crippen LogP contribution in [0.4, 0.5) is 9.18 Å². The van der Waals surface area contributed by atoms with E-state index in [1.165, 1.54) is 12.1 Å². The molecule has 0 saturated heterocycles. The zero-order chi connectivity index (χ0) is 15.9. The van der Waals surface area contributed by atoms with Crippen LogP contribution in [0.5, 0.6) is 0 Å². The summed E-state index contributed by atoms with van der Waals surface area (Å²) in [6.07, 6.45) is 0. The fraction of sp³-hybridized carbons (Fsp3) is 0.188. The van der Waals surface area contributed by atoms with Crippen LogP contribution < -0.4 is 10.6 Å². The van der Waals surface area contributed by atoms with Gasteiger partial charge in [0.15, 0.2) is 0 Å². The van der Waals surface area contributed by atoms with Crippen LogP contribution in [0, 0.1) is 5.82 Å². The lowest BCUT2D eigenvalue weighted by Gasteiger charge is -2.21. The van der Waals surface area contributed by atoms with E-state index >= 15 is 0 Å². The molecule has 0 saturated carbocycles. The van der Waals surface area contributed by atoms with Gasteiger partial charge in [-0.25, -0.2) is 9.18 Å². The topological polar surface area (TPSA) is 61.4 Å². The molecule has 0 unspecified atom stereocenters. The van der Waals surface area contributed by atoms with Gasteiger partial charge < -0.3 is 15.7 Å². The molecule has 2 aromatic rings. The monoisotopic (exact) mass is 322 g/mol. The van der Waals surface area contributed by atoms with Crippen molar-refractivity contribution in [2.75, 3.05) is 13.2 Å². The number of nitrogens with one attached hydrogen (secondary N) is 2. The molecule has 0 spiro atoms. The molecule has 1 atom stereocenters. The van der Waals surface area contributed by atoms with Gasteiger partial charge in [0.05, 0.1) is 12.6 Å². The Balaban J connectivity index is 2.30. The summed E-state index contributed by atoms with van der Waals surface area (Å²) in [6, 6.07) is 12.0. The highest BCUT2D eigenvalue weighted by Gasteiger charge is 2.19. The summed E-state index contributed by atoms with van der Waals surface area (Å²) in [5.41, 5.74) is 1.41. The standard InChI is InChI=1S/C16H16ClFN2O2/c17-14-4-2-1-3-13(14)15(20-16(22)19-9-10-21)11-5-7-12(18)8-6-11/h1-8,15,21H,9-10H2,(H2,19,20,22)/t15-/m0/s1. The summed E-state index contributed by atoms with van der Waals surface area (Å²) in [7, 11) is 0. The molecule has 0 heterocycles. The molecule has 116 valence electrons. The van der Waals surface area contributed by atoms with Gasteiger partial charge in [-0.15, -0.1) is 0 Å². The van der Waals surface area contributed by atoms with E-state index in [-0.39, 0.29) is 19.0 Å². The number of carbonyl (C=O) groups is 1. The quantitative estimate of drug-likeness (QED) is 0.792. The maximum absolute atomic E-state index is 13.1. The van der Waals surface area contributed by atoms with Crippen molar-refractivity contribution in [3.63, 3.8) is 0 Å². The number of rotatable bonds is 5. The van der Waals surface area contributed by atoms with Gasteiger partial charge in [-0.1, -0.05) is 41.9 Å². The predicted molar refractivity (Wildman–Crippen MR) is 83.3 cm³/mol. The Morgan fingerprint density at radius 2 is 1.86 bits per heavy atom. The first-order valence-corrected chi connectivity index (χ1v) is 7.14. The molecule has 0 fully saturated rings. The highest BCUT2D eigenvalue weighted by molar-refractivity contribution is 6.31. The molecule has 2 amide bonds. The van der Waals surface area contributed by atoms with E-state index < -0.39 is 12.1 Å². The van der Waals surface area contributed by atoms with Crippen LogP contribution in [0.2, 0.25) is 5.02 Å². The van der Waals surface area contributed by atoms with Crippen LogP contribution in [-0.4, -0.2) is 24.3 Å². The largest absolute Gasteiger partial charge is 0.395 e. The second-order valence-corrected chi connectivity index (χ2v) is 5.04. The number of hydrogen-bond acceptors (Lipinski definition) is 2. The Bertz CT molecular complexity index is 634. The third-order valence-corrected chi connectivity index (χ3v) is 3.44. The molecule has 2 aromatic carbocycles. The van der Waals surface area contributed by atoms with E-state index in [1.807, 2.05) is 6.07 Å². The Kier molecular flexibility index (Phi) is 5.75. The lowest BCUT2D eigenvalue weighted by Crippen LogP contribution is -2.39. The van der Waals surface area contributed by atoms with E-state index in [4.69, 9.17) is 16.7 Å². The minimum absolute atomic E-state index is 0.143. The lowest BCUT2D eigenvalue weighted by atomic mass is 9.98. The number of hydrogen-bond donors (Lipinski definition) is 3. The first-order chi connectivity index (χ1) is 10.6. The van der Waals surface area contributed by atoms with Crippen molar-refractivity contribution in [2.24, 2.45) is 0 Å². The fourth-order valence-corrected chi connectivity index (χ4v) is 2.30. The molecule has 2 rings (SSSR count). The van der Waals surface area contributed by atoms with Crippen LogP contribution in [0.15, 0.2) is 48.5 Å². The van der Waals surface area contributed by atoms with Crippen LogP contribution in [-0.2, 0) is 0 Å². The van der Waals surface area contributed by atoms with Crippen molar-refractivity contribution in [3.05, 3.63) is 70.5 Å². The molecule has 22 heavy (non-hydrogen) atoms. The number of urea groups is 1. The van der Waals surface area contributed by atoms with Gasteiger partial charge in [-0.05, 0) is 29.3 Å². The Hall–Kier alpha value is -2.11.